The van der Waals surface area contributed by atoms with Crippen LogP contribution in [0.1, 0.15) is 43.4 Å². The number of fused-ring (bicyclic) bond motifs is 1. The van der Waals surface area contributed by atoms with Crippen LogP contribution in [0.3, 0.4) is 0 Å². The van der Waals surface area contributed by atoms with Crippen LogP contribution in [-0.2, 0) is 14.3 Å². The maximum Gasteiger partial charge on any atom is 0.282 e. The standard InChI is InChI=1S/C23H28N4O2S2/c1-13(2)12-31(7,29)23-26-27-20(24)19(21(28)25-22(27)30-23)11-17(14(3)4)18-10-15(5)8-9-16(18)6/h8-11,13,17,24H,3,7,12H2,1-2,4-6H3/b19-11-,24-20?. The molecular weight excluding hydrogens is 428 g/mol. The average Bonchev–Trinajstić information content (AvgIpc) is 3.08. The molecule has 2 heterocycles. The van der Waals surface area contributed by atoms with Crippen LogP contribution in [0, 0.1) is 25.2 Å². The molecule has 0 fully saturated rings. The largest absolute Gasteiger partial charge is 0.282 e. The van der Waals surface area contributed by atoms with Crippen molar-refractivity contribution in [2.75, 3.05) is 5.75 Å². The molecule has 2 aliphatic heterocycles. The van der Waals surface area contributed by atoms with E-state index in [1.165, 1.54) is 5.01 Å². The van der Waals surface area contributed by atoms with Crippen LogP contribution in [0.4, 0.5) is 0 Å². The Morgan fingerprint density at radius 1 is 1.35 bits per heavy atom. The number of amidine groups is 2. The van der Waals surface area contributed by atoms with Crippen molar-refractivity contribution in [1.29, 1.82) is 5.41 Å². The van der Waals surface area contributed by atoms with Gasteiger partial charge in [-0.1, -0.05) is 55.8 Å². The number of aryl methyl sites for hydroxylation is 2. The Morgan fingerprint density at radius 2 is 2.03 bits per heavy atom. The van der Waals surface area contributed by atoms with Gasteiger partial charge in [0.15, 0.2) is 10.2 Å². The molecule has 2 unspecified atom stereocenters. The lowest BCUT2D eigenvalue weighted by atomic mass is 9.86. The lowest BCUT2D eigenvalue weighted by Gasteiger charge is -2.23. The summed E-state index contributed by atoms with van der Waals surface area (Å²) in [6.07, 6.45) is 1.74. The summed E-state index contributed by atoms with van der Waals surface area (Å²) in [4.78, 5) is 16.9. The number of hydrogen-bond donors (Lipinski definition) is 1. The fraction of sp³-hybridized carbons (Fsp3) is 0.348. The first-order valence-electron chi connectivity index (χ1n) is 9.98. The maximum atomic E-state index is 13.0. The third-order valence-electron chi connectivity index (χ3n) is 4.99. The van der Waals surface area contributed by atoms with E-state index in [1.54, 1.807) is 6.08 Å². The monoisotopic (exact) mass is 456 g/mol. The number of nitrogens with one attached hydrogen (secondary N) is 1. The molecular formula is C23H28N4O2S2. The number of carbonyl (C=O) groups excluding carboxylic acids is 1. The lowest BCUT2D eigenvalue weighted by Crippen LogP contribution is -2.36. The summed E-state index contributed by atoms with van der Waals surface area (Å²) < 4.78 is 13.3. The number of aliphatic imine (C=N–C) groups is 1. The summed E-state index contributed by atoms with van der Waals surface area (Å²) in [6.45, 7) is 14.0. The van der Waals surface area contributed by atoms with Crippen molar-refractivity contribution in [3.05, 3.63) is 58.7 Å². The minimum atomic E-state index is -2.62. The van der Waals surface area contributed by atoms with Crippen LogP contribution in [0.25, 0.3) is 0 Å². The summed E-state index contributed by atoms with van der Waals surface area (Å²) >= 11 is 1.06. The average molecular weight is 457 g/mol. The molecule has 164 valence electrons. The molecule has 8 heteroatoms. The molecule has 0 aliphatic carbocycles. The fourth-order valence-electron chi connectivity index (χ4n) is 3.51. The second kappa shape index (κ2) is 8.59. The number of hydrazone groups is 1. The molecule has 31 heavy (non-hydrogen) atoms. The van der Waals surface area contributed by atoms with Gasteiger partial charge in [0.1, 0.15) is 0 Å². The quantitative estimate of drug-likeness (QED) is 0.403. The van der Waals surface area contributed by atoms with Crippen molar-refractivity contribution in [2.24, 2.45) is 16.0 Å². The molecule has 1 aromatic carbocycles. The Morgan fingerprint density at radius 3 is 2.65 bits per heavy atom. The molecule has 0 aromatic heterocycles. The predicted octanol–water partition coefficient (Wildman–Crippen LogP) is 4.46. The van der Waals surface area contributed by atoms with Gasteiger partial charge in [-0.3, -0.25) is 14.4 Å². The highest BCUT2D eigenvalue weighted by atomic mass is 32.3. The molecule has 2 atom stereocenters. The molecule has 3 rings (SSSR count). The minimum Gasteiger partial charge on any atom is -0.282 e. The number of nitrogens with zero attached hydrogens (tertiary/aromatic N) is 3. The van der Waals surface area contributed by atoms with E-state index in [1.807, 2.05) is 46.8 Å². The van der Waals surface area contributed by atoms with Gasteiger partial charge in [0.25, 0.3) is 5.91 Å². The van der Waals surface area contributed by atoms with Gasteiger partial charge in [0.05, 0.1) is 5.57 Å². The van der Waals surface area contributed by atoms with Gasteiger partial charge in [-0.05, 0) is 55.4 Å². The van der Waals surface area contributed by atoms with Crippen molar-refractivity contribution in [3.63, 3.8) is 0 Å². The van der Waals surface area contributed by atoms with Crippen molar-refractivity contribution in [3.8, 4) is 0 Å². The topological polar surface area (TPSA) is 85.9 Å². The van der Waals surface area contributed by atoms with Crippen LogP contribution < -0.4 is 0 Å². The second-order valence-electron chi connectivity index (χ2n) is 8.46. The smallest absolute Gasteiger partial charge is 0.282 e. The highest BCUT2D eigenvalue weighted by molar-refractivity contribution is 8.44. The summed E-state index contributed by atoms with van der Waals surface area (Å²) in [5.41, 5.74) is 4.23. The van der Waals surface area contributed by atoms with Crippen molar-refractivity contribution in [1.82, 2.24) is 5.01 Å². The lowest BCUT2D eigenvalue weighted by molar-refractivity contribution is -0.114. The van der Waals surface area contributed by atoms with E-state index in [0.29, 0.717) is 10.1 Å². The Kier molecular flexibility index (Phi) is 6.43. The van der Waals surface area contributed by atoms with E-state index < -0.39 is 15.4 Å². The number of rotatable bonds is 5. The van der Waals surface area contributed by atoms with E-state index in [9.17, 15) is 9.00 Å². The third-order valence-corrected chi connectivity index (χ3v) is 8.78. The van der Waals surface area contributed by atoms with Crippen LogP contribution in [-0.4, -0.2) is 42.1 Å². The molecule has 0 bridgehead atoms. The first-order chi connectivity index (χ1) is 14.4. The van der Waals surface area contributed by atoms with Gasteiger partial charge < -0.3 is 0 Å². The van der Waals surface area contributed by atoms with E-state index in [4.69, 9.17) is 5.41 Å². The molecule has 1 N–H and O–H groups in total. The van der Waals surface area contributed by atoms with Gasteiger partial charge in [-0.15, -0.1) is 5.10 Å². The van der Waals surface area contributed by atoms with E-state index in [2.05, 4.69) is 28.6 Å². The number of benzene rings is 1. The zero-order chi connectivity index (χ0) is 23.1. The highest BCUT2D eigenvalue weighted by Gasteiger charge is 2.38. The second-order valence-corrected chi connectivity index (χ2v) is 12.0. The van der Waals surface area contributed by atoms with Crippen LogP contribution in [0.5, 0.6) is 0 Å². The van der Waals surface area contributed by atoms with Crippen molar-refractivity contribution < 1.29 is 9.00 Å². The van der Waals surface area contributed by atoms with Crippen LogP contribution in [0.15, 0.2) is 52.1 Å². The normalized spacial score (nSPS) is 20.5. The molecule has 0 spiro atoms. The van der Waals surface area contributed by atoms with Crippen molar-refractivity contribution >= 4 is 48.4 Å². The molecule has 2 aliphatic rings. The first kappa shape index (κ1) is 23.2. The summed E-state index contributed by atoms with van der Waals surface area (Å²) in [5, 5.41) is 14.5. The zero-order valence-corrected chi connectivity index (χ0v) is 20.2. The van der Waals surface area contributed by atoms with Gasteiger partial charge in [0, 0.05) is 21.2 Å². The molecule has 6 nitrogen and oxygen atoms in total. The molecule has 0 saturated heterocycles. The third kappa shape index (κ3) is 4.75. The Labute approximate surface area is 188 Å². The van der Waals surface area contributed by atoms with Crippen LogP contribution in [0.2, 0.25) is 0 Å². The number of thioether (sulfide) groups is 1. The Hall–Kier alpha value is -2.45. The summed E-state index contributed by atoms with van der Waals surface area (Å²) in [5.74, 6) is 3.60. The number of amides is 1. The zero-order valence-electron chi connectivity index (χ0n) is 18.6. The Bertz CT molecular complexity index is 1170. The Balaban J connectivity index is 2.02. The fourth-order valence-corrected chi connectivity index (χ4v) is 6.62. The van der Waals surface area contributed by atoms with Crippen molar-refractivity contribution in [2.45, 2.75) is 40.5 Å². The van der Waals surface area contributed by atoms with E-state index >= 15 is 0 Å². The number of hydrogen-bond acceptors (Lipinski definition) is 5. The molecule has 0 saturated carbocycles. The summed E-state index contributed by atoms with van der Waals surface area (Å²) in [7, 11) is -2.62. The van der Waals surface area contributed by atoms with Gasteiger partial charge >= 0.3 is 0 Å². The number of allylic oxidation sites excluding steroid dienone is 2. The summed E-state index contributed by atoms with van der Waals surface area (Å²) in [6, 6.07) is 6.15. The minimum absolute atomic E-state index is 0.0752. The van der Waals surface area contributed by atoms with Gasteiger partial charge in [-0.2, -0.15) is 10.0 Å². The predicted molar refractivity (Wildman–Crippen MR) is 134 cm³/mol. The molecule has 1 amide bonds. The maximum absolute atomic E-state index is 13.0. The van der Waals surface area contributed by atoms with Crippen LogP contribution >= 0.6 is 11.8 Å². The van der Waals surface area contributed by atoms with Gasteiger partial charge in [-0.25, -0.2) is 0 Å². The highest BCUT2D eigenvalue weighted by Crippen LogP contribution is 2.34. The van der Waals surface area contributed by atoms with Gasteiger partial charge in [0.2, 0.25) is 5.17 Å². The number of carbonyl (C=O) groups is 1. The first-order valence-corrected chi connectivity index (χ1v) is 12.7. The SMILES string of the molecule is C=C(C)C(/C=C1/C(=N)N2N=C(S(=C)(=O)CC(C)C)SC2=NC1=O)c1cc(C)ccc1C. The molecule has 1 aromatic rings. The van der Waals surface area contributed by atoms with E-state index in [0.717, 1.165) is 34.0 Å². The van der Waals surface area contributed by atoms with E-state index in [-0.39, 0.29) is 28.4 Å². The molecule has 0 radical (unpaired) electrons.